The summed E-state index contributed by atoms with van der Waals surface area (Å²) in [6.45, 7) is 3.87. The van der Waals surface area contributed by atoms with Crippen LogP contribution in [0.1, 0.15) is 30.7 Å². The van der Waals surface area contributed by atoms with Gasteiger partial charge >= 0.3 is 0 Å². The molecule has 1 atom stereocenters. The van der Waals surface area contributed by atoms with Crippen molar-refractivity contribution < 1.29 is 10.2 Å². The van der Waals surface area contributed by atoms with Gasteiger partial charge in [0.2, 0.25) is 0 Å². The summed E-state index contributed by atoms with van der Waals surface area (Å²) in [5, 5.41) is 27.2. The van der Waals surface area contributed by atoms with Gasteiger partial charge in [-0.25, -0.2) is 15.0 Å². The van der Waals surface area contributed by atoms with E-state index in [1.54, 1.807) is 0 Å². The molecule has 3 rings (SSSR count). The second-order valence-electron chi connectivity index (χ2n) is 5.10. The molecule has 0 bridgehead atoms. The summed E-state index contributed by atoms with van der Waals surface area (Å²) in [7, 11) is 0. The molecule has 0 saturated heterocycles. The predicted octanol–water partition coefficient (Wildman–Crippen LogP) is 3.57. The van der Waals surface area contributed by atoms with Crippen molar-refractivity contribution in [2.75, 3.05) is 0 Å². The molecule has 2 N–H and O–H groups in total. The first-order valence-electron chi connectivity index (χ1n) is 6.73. The van der Waals surface area contributed by atoms with Crippen LogP contribution in [0.4, 0.5) is 0 Å². The van der Waals surface area contributed by atoms with E-state index in [4.69, 9.17) is 5.11 Å². The first kappa shape index (κ1) is 15.7. The average molecular weight is 353 g/mol. The Morgan fingerprint density at radius 2 is 1.59 bits per heavy atom. The molecule has 116 valence electrons. The summed E-state index contributed by atoms with van der Waals surface area (Å²) >= 11 is 4.42. The van der Waals surface area contributed by atoms with Crippen molar-refractivity contribution in [1.29, 1.82) is 0 Å². The van der Waals surface area contributed by atoms with Crippen LogP contribution in [0.3, 0.4) is 0 Å². The number of aromatic nitrogens is 3. The minimum absolute atomic E-state index is 0.0595. The van der Waals surface area contributed by atoms with Gasteiger partial charge in [-0.15, -0.1) is 34.0 Å². The highest BCUT2D eigenvalue weighted by Crippen LogP contribution is 2.33. The first-order valence-corrected chi connectivity index (χ1v) is 9.37. The molecule has 0 aliphatic carbocycles. The Kier molecular flexibility index (Phi) is 4.65. The van der Waals surface area contributed by atoms with Crippen LogP contribution in [0.5, 0.6) is 0 Å². The van der Waals surface area contributed by atoms with Gasteiger partial charge in [0.05, 0.1) is 12.3 Å². The maximum absolute atomic E-state index is 10.1. The average Bonchev–Trinajstić information content (AvgIpc) is 3.23. The number of rotatable bonds is 5. The highest BCUT2D eigenvalue weighted by Gasteiger charge is 2.18. The zero-order valence-electron chi connectivity index (χ0n) is 12.1. The molecule has 5 nitrogen and oxygen atoms in total. The molecule has 0 aliphatic rings. The number of aliphatic hydroxyl groups is 2. The second-order valence-corrected chi connectivity index (χ2v) is 7.71. The number of nitrogens with zero attached hydrogens (tertiary/aromatic N) is 3. The van der Waals surface area contributed by atoms with Gasteiger partial charge in [-0.3, -0.25) is 0 Å². The zero-order chi connectivity index (χ0) is 15.7. The van der Waals surface area contributed by atoms with Crippen molar-refractivity contribution >= 4 is 34.0 Å². The Bertz CT molecular complexity index is 763. The van der Waals surface area contributed by atoms with Crippen LogP contribution in [0.25, 0.3) is 21.4 Å². The molecule has 0 aromatic carbocycles. The van der Waals surface area contributed by atoms with E-state index in [1.807, 2.05) is 30.0 Å². The lowest BCUT2D eigenvalue weighted by atomic mass is 10.1. The molecule has 0 spiro atoms. The summed E-state index contributed by atoms with van der Waals surface area (Å²) in [5.74, 6) is 0.137. The number of hydrogen-bond donors (Lipinski definition) is 2. The molecule has 0 aliphatic heterocycles. The van der Waals surface area contributed by atoms with Gasteiger partial charge in [0.25, 0.3) is 0 Å². The third kappa shape index (κ3) is 3.11. The van der Waals surface area contributed by atoms with Crippen molar-refractivity contribution in [2.45, 2.75) is 26.6 Å². The summed E-state index contributed by atoms with van der Waals surface area (Å²) < 4.78 is 0. The molecular formula is C14H15N3O2S3. The van der Waals surface area contributed by atoms with Gasteiger partial charge in [-0.1, -0.05) is 13.8 Å². The molecule has 0 unspecified atom stereocenters. The van der Waals surface area contributed by atoms with Crippen molar-refractivity contribution in [3.63, 3.8) is 0 Å². The van der Waals surface area contributed by atoms with Gasteiger partial charge in [0.15, 0.2) is 0 Å². The molecule has 3 aromatic rings. The lowest BCUT2D eigenvalue weighted by Gasteiger charge is -2.10. The fourth-order valence-electron chi connectivity index (χ4n) is 1.79. The second kappa shape index (κ2) is 6.51. The summed E-state index contributed by atoms with van der Waals surface area (Å²) in [6, 6.07) is 0. The minimum atomic E-state index is -0.538. The van der Waals surface area contributed by atoms with E-state index in [0.717, 1.165) is 26.4 Å². The topological polar surface area (TPSA) is 79.1 Å². The standard InChI is InChI=1S/C14H15N3O2S3/c1-7(2)11(19)14-17-10(6-22-14)13-16-9(5-21-13)12-15-8(3-18)4-20-12/h4-7,11,18-19H,3H2,1-2H3/t11-/m0/s1. The van der Waals surface area contributed by atoms with Gasteiger partial charge in [-0.05, 0) is 5.92 Å². The third-order valence-electron chi connectivity index (χ3n) is 3.06. The van der Waals surface area contributed by atoms with E-state index in [9.17, 15) is 5.11 Å². The Balaban J connectivity index is 1.84. The van der Waals surface area contributed by atoms with Crippen LogP contribution >= 0.6 is 34.0 Å². The Hall–Kier alpha value is -1.19. The van der Waals surface area contributed by atoms with E-state index in [0.29, 0.717) is 5.69 Å². The van der Waals surface area contributed by atoms with E-state index < -0.39 is 6.10 Å². The summed E-state index contributed by atoms with van der Waals surface area (Å²) in [6.07, 6.45) is -0.538. The van der Waals surface area contributed by atoms with Crippen molar-refractivity contribution in [1.82, 2.24) is 15.0 Å². The molecule has 0 saturated carbocycles. The third-order valence-corrected chi connectivity index (χ3v) is 5.76. The molecular weight excluding hydrogens is 338 g/mol. The van der Waals surface area contributed by atoms with Crippen LogP contribution in [-0.2, 0) is 6.61 Å². The molecule has 3 heterocycles. The van der Waals surface area contributed by atoms with Gasteiger partial charge in [-0.2, -0.15) is 0 Å². The molecule has 22 heavy (non-hydrogen) atoms. The van der Waals surface area contributed by atoms with Crippen molar-refractivity contribution in [3.8, 4) is 21.4 Å². The van der Waals surface area contributed by atoms with Crippen LogP contribution in [0.15, 0.2) is 16.1 Å². The van der Waals surface area contributed by atoms with E-state index in [2.05, 4.69) is 15.0 Å². The normalized spacial score (nSPS) is 13.0. The molecule has 3 aromatic heterocycles. The van der Waals surface area contributed by atoms with Crippen LogP contribution in [-0.4, -0.2) is 25.2 Å². The summed E-state index contributed by atoms with van der Waals surface area (Å²) in [5.41, 5.74) is 2.24. The zero-order valence-corrected chi connectivity index (χ0v) is 14.5. The van der Waals surface area contributed by atoms with Crippen LogP contribution in [0.2, 0.25) is 0 Å². The Morgan fingerprint density at radius 1 is 0.955 bits per heavy atom. The molecule has 0 amide bonds. The van der Waals surface area contributed by atoms with Crippen LogP contribution < -0.4 is 0 Å². The molecule has 0 radical (unpaired) electrons. The van der Waals surface area contributed by atoms with Crippen molar-refractivity contribution in [3.05, 3.63) is 26.8 Å². The number of thiazole rings is 3. The quantitative estimate of drug-likeness (QED) is 0.733. The number of hydrogen-bond acceptors (Lipinski definition) is 8. The largest absolute Gasteiger partial charge is 0.390 e. The Labute approximate surface area is 140 Å². The summed E-state index contributed by atoms with van der Waals surface area (Å²) in [4.78, 5) is 13.4. The number of aliphatic hydroxyl groups excluding tert-OH is 2. The monoisotopic (exact) mass is 353 g/mol. The highest BCUT2D eigenvalue weighted by atomic mass is 32.1. The SMILES string of the molecule is CC(C)[C@H](O)c1nc(-c2nc(-c3nc(CO)cs3)cs2)cs1. The molecule has 0 fully saturated rings. The predicted molar refractivity (Wildman–Crippen MR) is 90.1 cm³/mol. The van der Waals surface area contributed by atoms with Gasteiger partial charge in [0, 0.05) is 16.1 Å². The van der Waals surface area contributed by atoms with E-state index >= 15 is 0 Å². The van der Waals surface area contributed by atoms with Crippen molar-refractivity contribution in [2.24, 2.45) is 5.92 Å². The first-order chi connectivity index (χ1) is 10.6. The maximum Gasteiger partial charge on any atom is 0.143 e. The highest BCUT2D eigenvalue weighted by molar-refractivity contribution is 7.16. The van der Waals surface area contributed by atoms with E-state index in [-0.39, 0.29) is 12.5 Å². The van der Waals surface area contributed by atoms with Gasteiger partial charge in [0.1, 0.15) is 32.5 Å². The maximum atomic E-state index is 10.1. The minimum Gasteiger partial charge on any atom is -0.390 e. The van der Waals surface area contributed by atoms with Gasteiger partial charge < -0.3 is 10.2 Å². The van der Waals surface area contributed by atoms with E-state index in [1.165, 1.54) is 34.0 Å². The fraction of sp³-hybridized carbons (Fsp3) is 0.357. The molecule has 8 heteroatoms. The fourth-order valence-corrected chi connectivity index (χ4v) is 4.44. The lowest BCUT2D eigenvalue weighted by molar-refractivity contribution is 0.126. The van der Waals surface area contributed by atoms with Crippen LogP contribution in [0, 0.1) is 5.92 Å². The lowest BCUT2D eigenvalue weighted by Crippen LogP contribution is -2.04. The smallest absolute Gasteiger partial charge is 0.143 e. The Morgan fingerprint density at radius 3 is 2.27 bits per heavy atom.